The number of carbonyl (C=O) groups is 2. The van der Waals surface area contributed by atoms with E-state index in [-0.39, 0.29) is 18.9 Å². The molecule has 2 rings (SSSR count). The second-order valence-electron chi connectivity index (χ2n) is 4.90. The highest BCUT2D eigenvalue weighted by atomic mass is 16.7. The first kappa shape index (κ1) is 13.6. The third kappa shape index (κ3) is 4.10. The summed E-state index contributed by atoms with van der Waals surface area (Å²) in [5.74, 6) is 2.10. The number of hydroxylamine groups is 1. The maximum atomic E-state index is 11.4. The van der Waals surface area contributed by atoms with Crippen LogP contribution < -0.4 is 11.2 Å². The van der Waals surface area contributed by atoms with Gasteiger partial charge in [-0.1, -0.05) is 6.92 Å². The lowest BCUT2D eigenvalue weighted by Gasteiger charge is -2.02. The van der Waals surface area contributed by atoms with Gasteiger partial charge in [0.15, 0.2) is 6.61 Å². The van der Waals surface area contributed by atoms with Gasteiger partial charge in [0.05, 0.1) is 0 Å². The number of nitrogens with two attached hydrogens (primary N) is 1. The lowest BCUT2D eigenvalue weighted by molar-refractivity contribution is -0.137. The van der Waals surface area contributed by atoms with Crippen molar-refractivity contribution in [2.45, 2.75) is 32.1 Å². The Balaban J connectivity index is 1.68. The van der Waals surface area contributed by atoms with Crippen LogP contribution in [0.25, 0.3) is 0 Å². The Morgan fingerprint density at radius 1 is 1.53 bits per heavy atom. The van der Waals surface area contributed by atoms with Gasteiger partial charge in [0.2, 0.25) is 11.8 Å². The van der Waals surface area contributed by atoms with E-state index in [0.717, 1.165) is 11.5 Å². The van der Waals surface area contributed by atoms with Crippen molar-refractivity contribution in [2.24, 2.45) is 11.7 Å². The van der Waals surface area contributed by atoms with Crippen LogP contribution in [0, 0.1) is 5.92 Å². The third-order valence-electron chi connectivity index (χ3n) is 3.16. The summed E-state index contributed by atoms with van der Waals surface area (Å²) in [4.78, 5) is 26.4. The van der Waals surface area contributed by atoms with Gasteiger partial charge in [0.1, 0.15) is 11.5 Å². The van der Waals surface area contributed by atoms with E-state index in [1.807, 2.05) is 12.1 Å². The first-order valence-electron chi connectivity index (χ1n) is 6.34. The van der Waals surface area contributed by atoms with E-state index in [1.54, 1.807) is 0 Å². The molecule has 1 saturated carbocycles. The SMILES string of the molecule is CC1CC1c1ccc(CCC(=O)NOCC(N)=O)o1. The Bertz CT molecular complexity index is 469. The van der Waals surface area contributed by atoms with E-state index < -0.39 is 5.91 Å². The van der Waals surface area contributed by atoms with Crippen molar-refractivity contribution in [1.29, 1.82) is 0 Å². The van der Waals surface area contributed by atoms with Crippen molar-refractivity contribution in [1.82, 2.24) is 5.48 Å². The van der Waals surface area contributed by atoms with E-state index >= 15 is 0 Å². The van der Waals surface area contributed by atoms with Crippen LogP contribution in [0.1, 0.15) is 37.2 Å². The van der Waals surface area contributed by atoms with Crippen molar-refractivity contribution in [3.63, 3.8) is 0 Å². The molecule has 2 atom stereocenters. The molecule has 0 bridgehead atoms. The molecular weight excluding hydrogens is 248 g/mol. The van der Waals surface area contributed by atoms with Gasteiger partial charge in [0, 0.05) is 18.8 Å². The highest BCUT2D eigenvalue weighted by Crippen LogP contribution is 2.47. The van der Waals surface area contributed by atoms with Crippen molar-refractivity contribution < 1.29 is 18.8 Å². The molecule has 3 N–H and O–H groups in total. The van der Waals surface area contributed by atoms with Crippen LogP contribution in [0.5, 0.6) is 0 Å². The average molecular weight is 266 g/mol. The van der Waals surface area contributed by atoms with Crippen LogP contribution >= 0.6 is 0 Å². The fourth-order valence-corrected chi connectivity index (χ4v) is 1.92. The largest absolute Gasteiger partial charge is 0.466 e. The molecule has 2 unspecified atom stereocenters. The molecule has 1 aromatic heterocycles. The van der Waals surface area contributed by atoms with Crippen LogP contribution in [-0.4, -0.2) is 18.4 Å². The Morgan fingerprint density at radius 2 is 2.26 bits per heavy atom. The van der Waals surface area contributed by atoms with Gasteiger partial charge in [-0.15, -0.1) is 0 Å². The Morgan fingerprint density at radius 3 is 2.89 bits per heavy atom. The van der Waals surface area contributed by atoms with Crippen LogP contribution in [-0.2, 0) is 20.8 Å². The molecule has 19 heavy (non-hydrogen) atoms. The van der Waals surface area contributed by atoms with E-state index in [4.69, 9.17) is 10.2 Å². The summed E-state index contributed by atoms with van der Waals surface area (Å²) < 4.78 is 5.68. The minimum Gasteiger partial charge on any atom is -0.466 e. The van der Waals surface area contributed by atoms with Crippen molar-refractivity contribution in [2.75, 3.05) is 6.61 Å². The van der Waals surface area contributed by atoms with Crippen molar-refractivity contribution >= 4 is 11.8 Å². The van der Waals surface area contributed by atoms with Gasteiger partial charge < -0.3 is 10.2 Å². The Labute approximate surface area is 111 Å². The van der Waals surface area contributed by atoms with E-state index in [1.165, 1.54) is 6.42 Å². The lowest BCUT2D eigenvalue weighted by Crippen LogP contribution is -2.29. The number of hydrogen-bond acceptors (Lipinski definition) is 4. The van der Waals surface area contributed by atoms with Gasteiger partial charge >= 0.3 is 0 Å². The molecule has 1 fully saturated rings. The zero-order chi connectivity index (χ0) is 13.8. The van der Waals surface area contributed by atoms with Crippen LogP contribution in [0.4, 0.5) is 0 Å². The zero-order valence-electron chi connectivity index (χ0n) is 10.8. The van der Waals surface area contributed by atoms with Gasteiger partial charge in [-0.3, -0.25) is 14.4 Å². The summed E-state index contributed by atoms with van der Waals surface area (Å²) in [5.41, 5.74) is 7.01. The minimum absolute atomic E-state index is 0.242. The zero-order valence-corrected chi connectivity index (χ0v) is 10.8. The molecule has 0 aliphatic heterocycles. The standard InChI is InChI=1S/C13H18N2O4/c1-8-6-10(8)11-4-2-9(19-11)3-5-13(17)15-18-7-12(14)16/h2,4,8,10H,3,5-7H2,1H3,(H2,14,16)(H,15,17). The molecule has 0 aromatic carbocycles. The number of nitrogens with one attached hydrogen (secondary N) is 1. The first-order chi connectivity index (χ1) is 9.06. The topological polar surface area (TPSA) is 94.6 Å². The van der Waals surface area contributed by atoms with E-state index in [9.17, 15) is 9.59 Å². The predicted molar refractivity (Wildman–Crippen MR) is 66.8 cm³/mol. The molecule has 6 heteroatoms. The highest BCUT2D eigenvalue weighted by molar-refractivity contribution is 5.77. The molecule has 0 spiro atoms. The molecule has 1 heterocycles. The number of hydrogen-bond donors (Lipinski definition) is 2. The fourth-order valence-electron chi connectivity index (χ4n) is 1.92. The van der Waals surface area contributed by atoms with Crippen LogP contribution in [0.3, 0.4) is 0 Å². The molecule has 0 saturated heterocycles. The quantitative estimate of drug-likeness (QED) is 0.716. The maximum absolute atomic E-state index is 11.4. The molecule has 1 aliphatic rings. The molecule has 104 valence electrons. The summed E-state index contributed by atoms with van der Waals surface area (Å²) in [7, 11) is 0. The summed E-state index contributed by atoms with van der Waals surface area (Å²) in [5, 5.41) is 0. The Hall–Kier alpha value is -1.82. The highest BCUT2D eigenvalue weighted by Gasteiger charge is 2.36. The number of primary amides is 1. The molecule has 2 amide bonds. The second-order valence-corrected chi connectivity index (χ2v) is 4.90. The lowest BCUT2D eigenvalue weighted by atomic mass is 10.2. The normalized spacial score (nSPS) is 21.1. The van der Waals surface area contributed by atoms with Gasteiger partial charge in [-0.05, 0) is 24.5 Å². The second kappa shape index (κ2) is 5.88. The average Bonchev–Trinajstić information content (AvgIpc) is 2.90. The van der Waals surface area contributed by atoms with Crippen molar-refractivity contribution in [3.05, 3.63) is 23.7 Å². The van der Waals surface area contributed by atoms with Crippen molar-refractivity contribution in [3.8, 4) is 0 Å². The minimum atomic E-state index is -0.630. The smallest absolute Gasteiger partial charge is 0.246 e. The molecule has 6 nitrogen and oxygen atoms in total. The van der Waals surface area contributed by atoms with E-state index in [2.05, 4.69) is 17.2 Å². The fraction of sp³-hybridized carbons (Fsp3) is 0.538. The predicted octanol–water partition coefficient (Wildman–Crippen LogP) is 0.869. The Kier molecular flexibility index (Phi) is 4.21. The number of carbonyl (C=O) groups excluding carboxylic acids is 2. The van der Waals surface area contributed by atoms with Crippen LogP contribution in [0.15, 0.2) is 16.5 Å². The third-order valence-corrected chi connectivity index (χ3v) is 3.16. The number of rotatable bonds is 7. The van der Waals surface area contributed by atoms with Gasteiger partial charge in [-0.25, -0.2) is 5.48 Å². The summed E-state index contributed by atoms with van der Waals surface area (Å²) in [6, 6.07) is 3.88. The number of aryl methyl sites for hydroxylation is 1. The summed E-state index contributed by atoms with van der Waals surface area (Å²) in [6.45, 7) is 1.87. The number of furan rings is 1. The number of amides is 2. The van der Waals surface area contributed by atoms with Gasteiger partial charge in [-0.2, -0.15) is 0 Å². The molecule has 0 radical (unpaired) electrons. The first-order valence-corrected chi connectivity index (χ1v) is 6.34. The maximum Gasteiger partial charge on any atom is 0.246 e. The summed E-state index contributed by atoms with van der Waals surface area (Å²) in [6.07, 6.45) is 1.92. The van der Waals surface area contributed by atoms with Crippen LogP contribution in [0.2, 0.25) is 0 Å². The summed E-state index contributed by atoms with van der Waals surface area (Å²) >= 11 is 0. The molecular formula is C13H18N2O4. The van der Waals surface area contributed by atoms with Gasteiger partial charge in [0.25, 0.3) is 0 Å². The molecule has 1 aromatic rings. The monoisotopic (exact) mass is 266 g/mol. The molecule has 1 aliphatic carbocycles. The van der Waals surface area contributed by atoms with E-state index in [0.29, 0.717) is 18.3 Å².